The summed E-state index contributed by atoms with van der Waals surface area (Å²) in [6, 6.07) is 0. The summed E-state index contributed by atoms with van der Waals surface area (Å²) < 4.78 is 2.09. The number of aryl methyl sites for hydroxylation is 1. The smallest absolute Gasteiger partial charge is 0.242 e. The van der Waals surface area contributed by atoms with Gasteiger partial charge in [-0.2, -0.15) is 0 Å². The van der Waals surface area contributed by atoms with Gasteiger partial charge in [0.15, 0.2) is 0 Å². The molecule has 1 saturated heterocycles. The molecular formula is C15H27N5O. The Kier molecular flexibility index (Phi) is 4.98. The maximum absolute atomic E-state index is 12.5. The number of hydrogen-bond acceptors (Lipinski definition) is 4. The van der Waals surface area contributed by atoms with Gasteiger partial charge >= 0.3 is 0 Å². The van der Waals surface area contributed by atoms with Crippen molar-refractivity contribution in [2.75, 3.05) is 13.1 Å². The molecule has 2 heterocycles. The molecule has 6 heteroatoms. The lowest BCUT2D eigenvalue weighted by molar-refractivity contribution is -0.137. The highest BCUT2D eigenvalue weighted by Crippen LogP contribution is 2.28. The fourth-order valence-corrected chi connectivity index (χ4v) is 3.15. The number of amides is 1. The van der Waals surface area contributed by atoms with E-state index in [9.17, 15) is 4.79 Å². The zero-order valence-corrected chi connectivity index (χ0v) is 13.4. The number of likely N-dealkylation sites (tertiary alicyclic amines) is 1. The van der Waals surface area contributed by atoms with Gasteiger partial charge in [-0.1, -0.05) is 13.3 Å². The van der Waals surface area contributed by atoms with Gasteiger partial charge in [-0.15, -0.1) is 10.2 Å². The van der Waals surface area contributed by atoms with Crippen molar-refractivity contribution in [2.24, 2.45) is 5.73 Å². The molecule has 118 valence electrons. The van der Waals surface area contributed by atoms with Crippen molar-refractivity contribution in [3.8, 4) is 0 Å². The molecule has 1 aliphatic rings. The number of carbonyl (C=O) groups is 1. The fraction of sp³-hybridized carbons (Fsp3) is 0.800. The molecular weight excluding hydrogens is 266 g/mol. The highest BCUT2D eigenvalue weighted by Gasteiger charge is 2.34. The molecule has 1 atom stereocenters. The average molecular weight is 293 g/mol. The molecule has 6 nitrogen and oxygen atoms in total. The van der Waals surface area contributed by atoms with Crippen LogP contribution in [0, 0.1) is 0 Å². The highest BCUT2D eigenvalue weighted by molar-refractivity contribution is 5.85. The monoisotopic (exact) mass is 293 g/mol. The van der Waals surface area contributed by atoms with Crippen molar-refractivity contribution >= 4 is 5.91 Å². The van der Waals surface area contributed by atoms with Crippen LogP contribution in [0.3, 0.4) is 0 Å². The Hall–Kier alpha value is -1.43. The predicted octanol–water partition coefficient (Wildman–Crippen LogP) is 1.52. The normalized spacial score (nSPS) is 19.5. The second-order valence-corrected chi connectivity index (χ2v) is 6.21. The first kappa shape index (κ1) is 15.9. The second-order valence-electron chi connectivity index (χ2n) is 6.21. The van der Waals surface area contributed by atoms with Crippen molar-refractivity contribution in [3.05, 3.63) is 12.2 Å². The molecule has 0 aliphatic carbocycles. The van der Waals surface area contributed by atoms with Crippen LogP contribution in [-0.2, 0) is 11.3 Å². The lowest BCUT2D eigenvalue weighted by atomic mass is 9.91. The third-order valence-electron chi connectivity index (χ3n) is 4.39. The SMILES string of the molecule is CCCC(C)(N)C(=O)N1CCC(c2nncn2CC)CC1. The van der Waals surface area contributed by atoms with E-state index in [1.807, 2.05) is 11.8 Å². The Balaban J connectivity index is 1.96. The number of nitrogens with two attached hydrogens (primary N) is 1. The number of rotatable bonds is 5. The Morgan fingerprint density at radius 3 is 2.67 bits per heavy atom. The van der Waals surface area contributed by atoms with E-state index in [0.717, 1.165) is 51.1 Å². The number of hydrogen-bond donors (Lipinski definition) is 1. The highest BCUT2D eigenvalue weighted by atomic mass is 16.2. The molecule has 0 bridgehead atoms. The summed E-state index contributed by atoms with van der Waals surface area (Å²) in [5.74, 6) is 1.53. The van der Waals surface area contributed by atoms with Crippen LogP contribution in [0.4, 0.5) is 0 Å². The molecule has 0 saturated carbocycles. The van der Waals surface area contributed by atoms with E-state index in [1.54, 1.807) is 6.33 Å². The molecule has 1 aromatic rings. The number of carbonyl (C=O) groups excluding carboxylic acids is 1. The van der Waals surface area contributed by atoms with Crippen molar-refractivity contribution in [1.29, 1.82) is 0 Å². The zero-order valence-electron chi connectivity index (χ0n) is 13.4. The fourth-order valence-electron chi connectivity index (χ4n) is 3.15. The molecule has 21 heavy (non-hydrogen) atoms. The molecule has 0 spiro atoms. The van der Waals surface area contributed by atoms with Crippen molar-refractivity contribution in [3.63, 3.8) is 0 Å². The Morgan fingerprint density at radius 1 is 1.43 bits per heavy atom. The van der Waals surface area contributed by atoms with Crippen LogP contribution in [0.2, 0.25) is 0 Å². The van der Waals surface area contributed by atoms with Crippen LogP contribution >= 0.6 is 0 Å². The van der Waals surface area contributed by atoms with Gasteiger partial charge in [0.2, 0.25) is 5.91 Å². The molecule has 2 N–H and O–H groups in total. The van der Waals surface area contributed by atoms with E-state index in [1.165, 1.54) is 0 Å². The molecule has 1 aliphatic heterocycles. The van der Waals surface area contributed by atoms with E-state index >= 15 is 0 Å². The second kappa shape index (κ2) is 6.56. The Morgan fingerprint density at radius 2 is 2.10 bits per heavy atom. The van der Waals surface area contributed by atoms with Crippen LogP contribution in [0.25, 0.3) is 0 Å². The standard InChI is InChI=1S/C15H27N5O/c1-4-8-15(3,16)14(21)20-9-6-12(7-10-20)13-18-17-11-19(13)5-2/h11-12H,4-10,16H2,1-3H3. The van der Waals surface area contributed by atoms with Gasteiger partial charge in [0.25, 0.3) is 0 Å². The van der Waals surface area contributed by atoms with Crippen LogP contribution in [0.1, 0.15) is 58.2 Å². The van der Waals surface area contributed by atoms with Gasteiger partial charge in [0.1, 0.15) is 12.2 Å². The van der Waals surface area contributed by atoms with Crippen molar-refractivity contribution in [2.45, 2.75) is 64.5 Å². The third kappa shape index (κ3) is 3.43. The van der Waals surface area contributed by atoms with Gasteiger partial charge in [-0.3, -0.25) is 4.79 Å². The van der Waals surface area contributed by atoms with E-state index in [2.05, 4.69) is 28.6 Å². The minimum absolute atomic E-state index is 0.0831. The van der Waals surface area contributed by atoms with Gasteiger partial charge in [-0.25, -0.2) is 0 Å². The Bertz CT molecular complexity index is 474. The van der Waals surface area contributed by atoms with Crippen molar-refractivity contribution < 1.29 is 4.79 Å². The summed E-state index contributed by atoms with van der Waals surface area (Å²) in [5.41, 5.74) is 5.43. The third-order valence-corrected chi connectivity index (χ3v) is 4.39. The molecule has 1 amide bonds. The molecule has 1 unspecified atom stereocenters. The lowest BCUT2D eigenvalue weighted by Gasteiger charge is -2.36. The van der Waals surface area contributed by atoms with E-state index in [0.29, 0.717) is 5.92 Å². The zero-order chi connectivity index (χ0) is 15.5. The summed E-state index contributed by atoms with van der Waals surface area (Å²) in [5, 5.41) is 8.24. The van der Waals surface area contributed by atoms with Crippen LogP contribution in [0.5, 0.6) is 0 Å². The maximum Gasteiger partial charge on any atom is 0.242 e. The van der Waals surface area contributed by atoms with Crippen LogP contribution < -0.4 is 5.73 Å². The first-order valence-electron chi connectivity index (χ1n) is 7.95. The minimum Gasteiger partial charge on any atom is -0.341 e. The van der Waals surface area contributed by atoms with E-state index in [4.69, 9.17) is 5.73 Å². The van der Waals surface area contributed by atoms with Crippen molar-refractivity contribution in [1.82, 2.24) is 19.7 Å². The maximum atomic E-state index is 12.5. The van der Waals surface area contributed by atoms with Gasteiger partial charge < -0.3 is 15.2 Å². The largest absolute Gasteiger partial charge is 0.341 e. The summed E-state index contributed by atoms with van der Waals surface area (Å²) >= 11 is 0. The molecule has 0 aromatic carbocycles. The van der Waals surface area contributed by atoms with Gasteiger partial charge in [-0.05, 0) is 33.1 Å². The summed E-state index contributed by atoms with van der Waals surface area (Å²) in [4.78, 5) is 14.4. The number of nitrogens with zero attached hydrogens (tertiary/aromatic N) is 4. The molecule has 1 fully saturated rings. The topological polar surface area (TPSA) is 77.0 Å². The Labute approximate surface area is 126 Å². The number of aromatic nitrogens is 3. The summed E-state index contributed by atoms with van der Waals surface area (Å²) in [6.45, 7) is 8.41. The van der Waals surface area contributed by atoms with E-state index in [-0.39, 0.29) is 5.91 Å². The first-order chi connectivity index (χ1) is 9.99. The summed E-state index contributed by atoms with van der Waals surface area (Å²) in [7, 11) is 0. The lowest BCUT2D eigenvalue weighted by Crippen LogP contribution is -2.54. The van der Waals surface area contributed by atoms with Crippen LogP contribution in [0.15, 0.2) is 6.33 Å². The number of piperidine rings is 1. The molecule has 0 radical (unpaired) electrons. The average Bonchev–Trinajstić information content (AvgIpc) is 2.95. The minimum atomic E-state index is -0.731. The molecule has 2 rings (SSSR count). The van der Waals surface area contributed by atoms with Crippen LogP contribution in [-0.4, -0.2) is 44.2 Å². The predicted molar refractivity (Wildman–Crippen MR) is 81.8 cm³/mol. The van der Waals surface area contributed by atoms with E-state index < -0.39 is 5.54 Å². The first-order valence-corrected chi connectivity index (χ1v) is 7.95. The van der Waals surface area contributed by atoms with Gasteiger partial charge in [0.05, 0.1) is 5.54 Å². The molecule has 1 aromatic heterocycles. The summed E-state index contributed by atoms with van der Waals surface area (Å²) in [6.07, 6.45) is 5.31. The van der Waals surface area contributed by atoms with Gasteiger partial charge in [0, 0.05) is 25.6 Å². The quantitative estimate of drug-likeness (QED) is 0.893.